The summed E-state index contributed by atoms with van der Waals surface area (Å²) in [6.45, 7) is 6.73. The summed E-state index contributed by atoms with van der Waals surface area (Å²) in [5, 5.41) is 0. The fourth-order valence-electron chi connectivity index (χ4n) is 1.63. The third kappa shape index (κ3) is 2.01. The minimum atomic E-state index is 0.0688. The number of nitrogens with zero attached hydrogens (tertiary/aromatic N) is 1. The van der Waals surface area contributed by atoms with Gasteiger partial charge in [-0.3, -0.25) is 4.79 Å². The van der Waals surface area contributed by atoms with E-state index in [-0.39, 0.29) is 5.56 Å². The van der Waals surface area contributed by atoms with Crippen LogP contribution in [0.25, 0.3) is 0 Å². The van der Waals surface area contributed by atoms with Gasteiger partial charge in [0.25, 0.3) is 5.56 Å². The van der Waals surface area contributed by atoms with Crippen molar-refractivity contribution in [2.45, 2.75) is 39.6 Å². The molecule has 0 unspecified atom stereocenters. The average Bonchev–Trinajstić information content (AvgIpc) is 2.12. The van der Waals surface area contributed by atoms with Crippen LogP contribution in [0.15, 0.2) is 10.9 Å². The summed E-state index contributed by atoms with van der Waals surface area (Å²) in [5.41, 5.74) is 2.81. The number of alkyl halides is 1. The van der Waals surface area contributed by atoms with Crippen molar-refractivity contribution in [3.63, 3.8) is 0 Å². The maximum absolute atomic E-state index is 11.9. The van der Waals surface area contributed by atoms with Crippen molar-refractivity contribution in [1.29, 1.82) is 0 Å². The molecule has 0 aliphatic carbocycles. The van der Waals surface area contributed by atoms with E-state index in [1.54, 1.807) is 4.57 Å². The molecule has 0 aromatic carbocycles. The molecular weight excluding hydrogens is 198 g/mol. The zero-order valence-corrected chi connectivity index (χ0v) is 9.69. The number of halogens is 1. The molecule has 3 heteroatoms. The molecule has 1 heterocycles. The Labute approximate surface area is 89.5 Å². The molecule has 0 N–H and O–H groups in total. The van der Waals surface area contributed by atoms with Crippen molar-refractivity contribution in [3.05, 3.63) is 33.2 Å². The molecule has 0 bridgehead atoms. The highest BCUT2D eigenvalue weighted by molar-refractivity contribution is 6.17. The number of aromatic nitrogens is 1. The van der Waals surface area contributed by atoms with Gasteiger partial charge in [-0.15, -0.1) is 11.6 Å². The topological polar surface area (TPSA) is 22.0 Å². The molecule has 1 rings (SSSR count). The van der Waals surface area contributed by atoms with E-state index >= 15 is 0 Å². The van der Waals surface area contributed by atoms with Gasteiger partial charge in [0.2, 0.25) is 0 Å². The summed E-state index contributed by atoms with van der Waals surface area (Å²) in [6.07, 6.45) is 0.964. The molecule has 0 saturated heterocycles. The quantitative estimate of drug-likeness (QED) is 0.708. The molecule has 0 aliphatic rings. The second-order valence-corrected chi connectivity index (χ2v) is 3.80. The summed E-state index contributed by atoms with van der Waals surface area (Å²) in [4.78, 5) is 11.9. The normalized spacial score (nSPS) is 10.6. The van der Waals surface area contributed by atoms with Crippen molar-refractivity contribution in [3.8, 4) is 0 Å². The second kappa shape index (κ2) is 4.65. The molecule has 0 radical (unpaired) electrons. The number of aryl methyl sites for hydroxylation is 2. The molecule has 14 heavy (non-hydrogen) atoms. The first-order valence-electron chi connectivity index (χ1n) is 4.87. The van der Waals surface area contributed by atoms with E-state index in [1.165, 1.54) is 0 Å². The Bertz CT molecular complexity index is 382. The molecule has 78 valence electrons. The van der Waals surface area contributed by atoms with Crippen LogP contribution in [0.5, 0.6) is 0 Å². The summed E-state index contributed by atoms with van der Waals surface area (Å²) < 4.78 is 1.80. The molecule has 1 aromatic heterocycles. The molecule has 2 nitrogen and oxygen atoms in total. The third-order valence-electron chi connectivity index (χ3n) is 2.41. The zero-order valence-electron chi connectivity index (χ0n) is 8.93. The van der Waals surface area contributed by atoms with Crippen molar-refractivity contribution < 1.29 is 0 Å². The summed E-state index contributed by atoms with van der Waals surface area (Å²) in [7, 11) is 0. The molecule has 1 aromatic rings. The van der Waals surface area contributed by atoms with E-state index in [1.807, 2.05) is 19.9 Å². The largest absolute Gasteiger partial charge is 0.313 e. The number of hydrogen-bond acceptors (Lipinski definition) is 1. The molecule has 0 atom stereocenters. The maximum Gasteiger partial charge on any atom is 0.255 e. The monoisotopic (exact) mass is 213 g/mol. The predicted octanol–water partition coefficient (Wildman–Crippen LogP) is 2.61. The van der Waals surface area contributed by atoms with Crippen LogP contribution in [-0.4, -0.2) is 4.57 Å². The molecular formula is C11H16ClNO. The molecule has 0 aliphatic heterocycles. The summed E-state index contributed by atoms with van der Waals surface area (Å²) >= 11 is 5.75. The predicted molar refractivity (Wildman–Crippen MR) is 60.0 cm³/mol. The van der Waals surface area contributed by atoms with Gasteiger partial charge in [-0.25, -0.2) is 0 Å². The Balaban J connectivity index is 3.36. The van der Waals surface area contributed by atoms with Crippen LogP contribution in [0.2, 0.25) is 0 Å². The van der Waals surface area contributed by atoms with Crippen LogP contribution < -0.4 is 5.56 Å². The van der Waals surface area contributed by atoms with Crippen LogP contribution in [0, 0.1) is 13.8 Å². The van der Waals surface area contributed by atoms with Crippen LogP contribution in [-0.2, 0) is 12.4 Å². The van der Waals surface area contributed by atoms with Gasteiger partial charge in [-0.05, 0) is 31.9 Å². The second-order valence-electron chi connectivity index (χ2n) is 3.54. The lowest BCUT2D eigenvalue weighted by atomic mass is 10.1. The van der Waals surface area contributed by atoms with E-state index in [4.69, 9.17) is 11.6 Å². The third-order valence-corrected chi connectivity index (χ3v) is 2.68. The number of rotatable bonds is 3. The van der Waals surface area contributed by atoms with Crippen molar-refractivity contribution in [2.75, 3.05) is 0 Å². The molecule has 0 amide bonds. The Morgan fingerprint density at radius 1 is 1.43 bits per heavy atom. The molecule has 0 saturated carbocycles. The van der Waals surface area contributed by atoms with Crippen molar-refractivity contribution >= 4 is 11.6 Å². The maximum atomic E-state index is 11.9. The zero-order chi connectivity index (χ0) is 10.7. The van der Waals surface area contributed by atoms with E-state index in [2.05, 4.69) is 6.92 Å². The minimum absolute atomic E-state index is 0.0688. The highest BCUT2D eigenvalue weighted by atomic mass is 35.5. The summed E-state index contributed by atoms with van der Waals surface area (Å²) in [6, 6.07) is 2.02. The van der Waals surface area contributed by atoms with Crippen LogP contribution in [0.4, 0.5) is 0 Å². The van der Waals surface area contributed by atoms with Gasteiger partial charge in [-0.2, -0.15) is 0 Å². The lowest BCUT2D eigenvalue weighted by Crippen LogP contribution is -2.26. The Kier molecular flexibility index (Phi) is 3.76. The Morgan fingerprint density at radius 2 is 2.07 bits per heavy atom. The first kappa shape index (κ1) is 11.3. The van der Waals surface area contributed by atoms with Gasteiger partial charge in [0.15, 0.2) is 0 Å². The Morgan fingerprint density at radius 3 is 2.57 bits per heavy atom. The molecule has 0 fully saturated rings. The highest BCUT2D eigenvalue weighted by Gasteiger charge is 2.08. The van der Waals surface area contributed by atoms with Gasteiger partial charge >= 0.3 is 0 Å². The van der Waals surface area contributed by atoms with Gasteiger partial charge in [-0.1, -0.05) is 6.92 Å². The van der Waals surface area contributed by atoms with Crippen LogP contribution in [0.3, 0.4) is 0 Å². The molecule has 0 spiro atoms. The van der Waals surface area contributed by atoms with Gasteiger partial charge in [0.1, 0.15) is 0 Å². The van der Waals surface area contributed by atoms with Crippen LogP contribution in [0.1, 0.15) is 30.2 Å². The summed E-state index contributed by atoms with van der Waals surface area (Å²) in [5.74, 6) is 0.300. The van der Waals surface area contributed by atoms with E-state index in [9.17, 15) is 4.79 Å². The van der Waals surface area contributed by atoms with Crippen LogP contribution >= 0.6 is 11.6 Å². The van der Waals surface area contributed by atoms with E-state index in [0.29, 0.717) is 5.88 Å². The minimum Gasteiger partial charge on any atom is -0.313 e. The lowest BCUT2D eigenvalue weighted by Gasteiger charge is -2.12. The number of hydrogen-bond donors (Lipinski definition) is 0. The highest BCUT2D eigenvalue weighted by Crippen LogP contribution is 2.08. The SMILES string of the molecule is CCCn1c(C)cc(C)c(CCl)c1=O. The fraction of sp³-hybridized carbons (Fsp3) is 0.545. The lowest BCUT2D eigenvalue weighted by molar-refractivity contribution is 0.629. The van der Waals surface area contributed by atoms with E-state index in [0.717, 1.165) is 29.8 Å². The standard InChI is InChI=1S/C11H16ClNO/c1-4-5-13-9(3)6-8(2)10(7-12)11(13)14/h6H,4-5,7H2,1-3H3. The number of pyridine rings is 1. The Hall–Kier alpha value is -0.760. The first-order valence-corrected chi connectivity index (χ1v) is 5.41. The van der Waals surface area contributed by atoms with Gasteiger partial charge in [0.05, 0.1) is 5.88 Å². The van der Waals surface area contributed by atoms with E-state index < -0.39 is 0 Å². The first-order chi connectivity index (χ1) is 6.61. The van der Waals surface area contributed by atoms with Gasteiger partial charge < -0.3 is 4.57 Å². The smallest absolute Gasteiger partial charge is 0.255 e. The van der Waals surface area contributed by atoms with Crippen molar-refractivity contribution in [2.24, 2.45) is 0 Å². The fourth-order valence-corrected chi connectivity index (χ4v) is 1.96. The van der Waals surface area contributed by atoms with Gasteiger partial charge in [0, 0.05) is 17.8 Å². The van der Waals surface area contributed by atoms with Crippen molar-refractivity contribution in [1.82, 2.24) is 4.57 Å². The average molecular weight is 214 g/mol.